The minimum absolute atomic E-state index is 0.243. The largest absolute Gasteiger partial charge is 0.313 e. The van der Waals surface area contributed by atoms with E-state index >= 15 is 0 Å². The minimum Gasteiger partial charge on any atom is -0.313 e. The third kappa shape index (κ3) is 4.57. The molecule has 1 aromatic rings. The SMILES string of the molecule is CC(C)C(C)(CNC1CC1)Cc1ccc(C(C)(C)C)cc1. The second-order valence-electron chi connectivity index (χ2n) is 8.59. The van der Waals surface area contributed by atoms with Gasteiger partial charge in [-0.3, -0.25) is 0 Å². The average molecular weight is 287 g/mol. The summed E-state index contributed by atoms with van der Waals surface area (Å²) in [4.78, 5) is 0. The number of rotatable bonds is 6. The Balaban J connectivity index is 2.05. The van der Waals surface area contributed by atoms with Gasteiger partial charge >= 0.3 is 0 Å². The van der Waals surface area contributed by atoms with E-state index in [0.29, 0.717) is 11.3 Å². The number of nitrogens with one attached hydrogen (secondary N) is 1. The van der Waals surface area contributed by atoms with Crippen LogP contribution in [0, 0.1) is 11.3 Å². The Labute approximate surface area is 131 Å². The third-order valence-electron chi connectivity index (χ3n) is 5.19. The van der Waals surface area contributed by atoms with E-state index in [1.807, 2.05) is 0 Å². The molecule has 0 aliphatic heterocycles. The van der Waals surface area contributed by atoms with Gasteiger partial charge in [0.15, 0.2) is 0 Å². The first-order chi connectivity index (χ1) is 9.71. The van der Waals surface area contributed by atoms with Gasteiger partial charge in [0.1, 0.15) is 0 Å². The maximum Gasteiger partial charge on any atom is 0.00684 e. The number of hydrogen-bond acceptors (Lipinski definition) is 1. The lowest BCUT2D eigenvalue weighted by atomic mass is 9.74. The molecular weight excluding hydrogens is 254 g/mol. The van der Waals surface area contributed by atoms with Crippen molar-refractivity contribution in [2.24, 2.45) is 11.3 Å². The maximum atomic E-state index is 3.73. The van der Waals surface area contributed by atoms with E-state index in [1.165, 1.54) is 24.0 Å². The van der Waals surface area contributed by atoms with Crippen molar-refractivity contribution in [2.45, 2.75) is 72.3 Å². The van der Waals surface area contributed by atoms with Gasteiger partial charge < -0.3 is 5.32 Å². The van der Waals surface area contributed by atoms with Crippen LogP contribution >= 0.6 is 0 Å². The molecule has 1 saturated carbocycles. The smallest absolute Gasteiger partial charge is 0.00684 e. The molecule has 0 bridgehead atoms. The van der Waals surface area contributed by atoms with Crippen LogP contribution in [-0.4, -0.2) is 12.6 Å². The first kappa shape index (κ1) is 16.5. The molecule has 1 fully saturated rings. The second kappa shape index (κ2) is 6.12. The van der Waals surface area contributed by atoms with Crippen LogP contribution in [0.2, 0.25) is 0 Å². The van der Waals surface area contributed by atoms with Gasteiger partial charge in [0.2, 0.25) is 0 Å². The molecule has 0 saturated heterocycles. The van der Waals surface area contributed by atoms with Crippen LogP contribution < -0.4 is 5.32 Å². The topological polar surface area (TPSA) is 12.0 Å². The monoisotopic (exact) mass is 287 g/mol. The summed E-state index contributed by atoms with van der Waals surface area (Å²) in [5.74, 6) is 0.686. The van der Waals surface area contributed by atoms with Crippen LogP contribution in [0.4, 0.5) is 0 Å². The molecule has 1 N–H and O–H groups in total. The highest BCUT2D eigenvalue weighted by Crippen LogP contribution is 2.33. The standard InChI is InChI=1S/C20H33N/c1-15(2)20(6,14-21-18-11-12-18)13-16-7-9-17(10-8-16)19(3,4)5/h7-10,15,18,21H,11-14H2,1-6H3. The van der Waals surface area contributed by atoms with Crippen molar-refractivity contribution in [1.82, 2.24) is 5.32 Å². The Morgan fingerprint density at radius 3 is 2.05 bits per heavy atom. The zero-order chi connectivity index (χ0) is 15.7. The second-order valence-corrected chi connectivity index (χ2v) is 8.59. The van der Waals surface area contributed by atoms with Gasteiger partial charge in [0, 0.05) is 12.6 Å². The van der Waals surface area contributed by atoms with Gasteiger partial charge in [-0.05, 0) is 47.1 Å². The molecule has 1 unspecified atom stereocenters. The van der Waals surface area contributed by atoms with Gasteiger partial charge in [0.05, 0.1) is 0 Å². The molecule has 21 heavy (non-hydrogen) atoms. The Kier molecular flexibility index (Phi) is 4.82. The van der Waals surface area contributed by atoms with E-state index in [2.05, 4.69) is 71.1 Å². The van der Waals surface area contributed by atoms with Crippen molar-refractivity contribution >= 4 is 0 Å². The fourth-order valence-corrected chi connectivity index (χ4v) is 2.72. The molecule has 0 aromatic heterocycles. The Hall–Kier alpha value is -0.820. The minimum atomic E-state index is 0.243. The predicted molar refractivity (Wildman–Crippen MR) is 92.8 cm³/mol. The summed E-state index contributed by atoms with van der Waals surface area (Å²) < 4.78 is 0. The summed E-state index contributed by atoms with van der Waals surface area (Å²) in [6.07, 6.45) is 3.90. The Morgan fingerprint density at radius 1 is 1.05 bits per heavy atom. The van der Waals surface area contributed by atoms with Crippen LogP contribution in [0.1, 0.15) is 65.5 Å². The summed E-state index contributed by atoms with van der Waals surface area (Å²) >= 11 is 0. The van der Waals surface area contributed by atoms with Crippen LogP contribution in [0.5, 0.6) is 0 Å². The van der Waals surface area contributed by atoms with Gasteiger partial charge in [0.25, 0.3) is 0 Å². The van der Waals surface area contributed by atoms with E-state index in [9.17, 15) is 0 Å². The van der Waals surface area contributed by atoms with Crippen molar-refractivity contribution in [1.29, 1.82) is 0 Å². The van der Waals surface area contributed by atoms with Gasteiger partial charge in [-0.25, -0.2) is 0 Å². The Morgan fingerprint density at radius 2 is 1.62 bits per heavy atom. The van der Waals surface area contributed by atoms with E-state index in [0.717, 1.165) is 19.0 Å². The molecule has 1 atom stereocenters. The Bertz CT molecular complexity index is 448. The third-order valence-corrected chi connectivity index (χ3v) is 5.19. The lowest BCUT2D eigenvalue weighted by molar-refractivity contribution is 0.206. The maximum absolute atomic E-state index is 3.73. The van der Waals surface area contributed by atoms with Crippen LogP contribution in [-0.2, 0) is 11.8 Å². The molecule has 1 aromatic carbocycles. The van der Waals surface area contributed by atoms with Gasteiger partial charge in [-0.15, -0.1) is 0 Å². The molecule has 118 valence electrons. The van der Waals surface area contributed by atoms with Crippen molar-refractivity contribution in [3.63, 3.8) is 0 Å². The van der Waals surface area contributed by atoms with E-state index in [-0.39, 0.29) is 5.41 Å². The highest BCUT2D eigenvalue weighted by Gasteiger charge is 2.31. The number of hydrogen-bond donors (Lipinski definition) is 1. The summed E-state index contributed by atoms with van der Waals surface area (Å²) in [6, 6.07) is 10.1. The molecule has 1 aliphatic carbocycles. The highest BCUT2D eigenvalue weighted by molar-refractivity contribution is 5.28. The van der Waals surface area contributed by atoms with Crippen LogP contribution in [0.3, 0.4) is 0 Å². The summed E-state index contributed by atoms with van der Waals surface area (Å²) in [5.41, 5.74) is 3.48. The summed E-state index contributed by atoms with van der Waals surface area (Å²) in [7, 11) is 0. The molecule has 0 spiro atoms. The van der Waals surface area contributed by atoms with Gasteiger partial charge in [-0.1, -0.05) is 65.8 Å². The van der Waals surface area contributed by atoms with Crippen molar-refractivity contribution in [3.05, 3.63) is 35.4 Å². The van der Waals surface area contributed by atoms with Crippen molar-refractivity contribution in [3.8, 4) is 0 Å². The lowest BCUT2D eigenvalue weighted by Gasteiger charge is -2.35. The molecule has 0 amide bonds. The molecule has 1 heteroatoms. The quantitative estimate of drug-likeness (QED) is 0.781. The number of benzene rings is 1. The van der Waals surface area contributed by atoms with E-state index < -0.39 is 0 Å². The summed E-state index contributed by atoms with van der Waals surface area (Å²) in [5, 5.41) is 3.73. The molecule has 1 aliphatic rings. The summed E-state index contributed by atoms with van der Waals surface area (Å²) in [6.45, 7) is 15.1. The highest BCUT2D eigenvalue weighted by atomic mass is 15.0. The fourth-order valence-electron chi connectivity index (χ4n) is 2.72. The van der Waals surface area contributed by atoms with Crippen molar-refractivity contribution in [2.75, 3.05) is 6.54 Å². The molecule has 0 radical (unpaired) electrons. The van der Waals surface area contributed by atoms with Crippen LogP contribution in [0.25, 0.3) is 0 Å². The van der Waals surface area contributed by atoms with E-state index in [4.69, 9.17) is 0 Å². The lowest BCUT2D eigenvalue weighted by Crippen LogP contribution is -2.38. The molecule has 1 nitrogen and oxygen atoms in total. The molecular formula is C20H33N. The zero-order valence-electron chi connectivity index (χ0n) is 14.8. The first-order valence-corrected chi connectivity index (χ1v) is 8.53. The van der Waals surface area contributed by atoms with Crippen LogP contribution in [0.15, 0.2) is 24.3 Å². The van der Waals surface area contributed by atoms with E-state index in [1.54, 1.807) is 0 Å². The fraction of sp³-hybridized carbons (Fsp3) is 0.700. The normalized spacial score (nSPS) is 18.8. The average Bonchev–Trinajstić information content (AvgIpc) is 3.20. The predicted octanol–water partition coefficient (Wildman–Crippen LogP) is 4.94. The molecule has 0 heterocycles. The van der Waals surface area contributed by atoms with Crippen molar-refractivity contribution < 1.29 is 0 Å². The molecule has 2 rings (SSSR count). The first-order valence-electron chi connectivity index (χ1n) is 8.53. The zero-order valence-corrected chi connectivity index (χ0v) is 14.8. The van der Waals surface area contributed by atoms with Gasteiger partial charge in [-0.2, -0.15) is 0 Å².